The molecule has 0 bridgehead atoms. The van der Waals surface area contributed by atoms with Gasteiger partial charge in [0.25, 0.3) is 0 Å². The van der Waals surface area contributed by atoms with Gasteiger partial charge in [0, 0.05) is 17.1 Å². The molecule has 0 unspecified atom stereocenters. The maximum absolute atomic E-state index is 11.3. The lowest BCUT2D eigenvalue weighted by atomic mass is 10.2. The molecule has 1 rings (SSSR count). The van der Waals surface area contributed by atoms with Crippen LogP contribution in [0.1, 0.15) is 19.4 Å². The molecule has 0 aliphatic heterocycles. The molecule has 0 fully saturated rings. The third kappa shape index (κ3) is 4.66. The van der Waals surface area contributed by atoms with Gasteiger partial charge in [-0.2, -0.15) is 0 Å². The molecule has 0 heterocycles. The van der Waals surface area contributed by atoms with Crippen LogP contribution < -0.4 is 5.32 Å². The van der Waals surface area contributed by atoms with Crippen LogP contribution in [0, 0.1) is 0 Å². The Morgan fingerprint density at radius 1 is 1.47 bits per heavy atom. The van der Waals surface area contributed by atoms with Gasteiger partial charge >= 0.3 is 0 Å². The smallest absolute Gasteiger partial charge is 0.244 e. The summed E-state index contributed by atoms with van der Waals surface area (Å²) in [6.07, 6.45) is 3.25. The molecule has 1 aromatic rings. The second kappa shape index (κ2) is 5.56. The van der Waals surface area contributed by atoms with Gasteiger partial charge < -0.3 is 5.32 Å². The SMILES string of the molecule is CC(C)NC(=O)/C=C/c1cccc(Cl)c1. The van der Waals surface area contributed by atoms with Crippen molar-refractivity contribution in [1.29, 1.82) is 0 Å². The first-order valence-corrected chi connectivity index (χ1v) is 5.20. The van der Waals surface area contributed by atoms with Crippen molar-refractivity contribution < 1.29 is 4.79 Å². The number of amides is 1. The summed E-state index contributed by atoms with van der Waals surface area (Å²) < 4.78 is 0. The summed E-state index contributed by atoms with van der Waals surface area (Å²) >= 11 is 5.81. The third-order valence-corrected chi connectivity index (χ3v) is 1.94. The van der Waals surface area contributed by atoms with Gasteiger partial charge in [-0.25, -0.2) is 0 Å². The molecular formula is C12H14ClNO. The Bertz CT molecular complexity index is 372. The summed E-state index contributed by atoms with van der Waals surface area (Å²) in [6, 6.07) is 7.50. The summed E-state index contributed by atoms with van der Waals surface area (Å²) in [6.45, 7) is 3.84. The maximum atomic E-state index is 11.3. The normalized spacial score (nSPS) is 10.9. The van der Waals surface area contributed by atoms with E-state index < -0.39 is 0 Å². The highest BCUT2D eigenvalue weighted by molar-refractivity contribution is 6.30. The lowest BCUT2D eigenvalue weighted by Gasteiger charge is -2.04. The summed E-state index contributed by atoms with van der Waals surface area (Å²) in [5.41, 5.74) is 0.918. The van der Waals surface area contributed by atoms with Crippen LogP contribution >= 0.6 is 11.6 Å². The van der Waals surface area contributed by atoms with E-state index in [1.807, 2.05) is 26.0 Å². The molecular weight excluding hydrogens is 210 g/mol. The van der Waals surface area contributed by atoms with Crippen molar-refractivity contribution in [2.45, 2.75) is 19.9 Å². The van der Waals surface area contributed by atoms with Crippen LogP contribution in [0.2, 0.25) is 5.02 Å². The lowest BCUT2D eigenvalue weighted by Crippen LogP contribution is -2.28. The van der Waals surface area contributed by atoms with Gasteiger partial charge in [0.15, 0.2) is 0 Å². The van der Waals surface area contributed by atoms with Gasteiger partial charge in [-0.05, 0) is 37.6 Å². The van der Waals surface area contributed by atoms with Gasteiger partial charge in [-0.15, -0.1) is 0 Å². The van der Waals surface area contributed by atoms with Crippen molar-refractivity contribution in [1.82, 2.24) is 5.32 Å². The van der Waals surface area contributed by atoms with Crippen molar-refractivity contribution in [2.75, 3.05) is 0 Å². The summed E-state index contributed by atoms with van der Waals surface area (Å²) in [7, 11) is 0. The molecule has 0 atom stereocenters. The van der Waals surface area contributed by atoms with Crippen LogP contribution in [-0.4, -0.2) is 11.9 Å². The maximum Gasteiger partial charge on any atom is 0.244 e. The van der Waals surface area contributed by atoms with Gasteiger partial charge in [-0.1, -0.05) is 23.7 Å². The summed E-state index contributed by atoms with van der Waals surface area (Å²) in [4.78, 5) is 11.3. The zero-order chi connectivity index (χ0) is 11.3. The number of hydrogen-bond donors (Lipinski definition) is 1. The molecule has 0 aromatic heterocycles. The quantitative estimate of drug-likeness (QED) is 0.785. The summed E-state index contributed by atoms with van der Waals surface area (Å²) in [5, 5.41) is 3.44. The van der Waals surface area contributed by atoms with Crippen molar-refractivity contribution in [3.63, 3.8) is 0 Å². The van der Waals surface area contributed by atoms with E-state index in [1.54, 1.807) is 18.2 Å². The number of rotatable bonds is 3. The first-order valence-electron chi connectivity index (χ1n) is 4.82. The van der Waals surface area contributed by atoms with Crippen LogP contribution in [0.3, 0.4) is 0 Å². The standard InChI is InChI=1S/C12H14ClNO/c1-9(2)14-12(15)7-6-10-4-3-5-11(13)8-10/h3-9H,1-2H3,(H,14,15)/b7-6+. The largest absolute Gasteiger partial charge is 0.350 e. The molecule has 15 heavy (non-hydrogen) atoms. The molecule has 0 saturated carbocycles. The van der Waals surface area contributed by atoms with Gasteiger partial charge in [-0.3, -0.25) is 4.79 Å². The first-order chi connectivity index (χ1) is 7.08. The number of carbonyl (C=O) groups excluding carboxylic acids is 1. The highest BCUT2D eigenvalue weighted by Crippen LogP contribution is 2.11. The van der Waals surface area contributed by atoms with Crippen molar-refractivity contribution >= 4 is 23.6 Å². The van der Waals surface area contributed by atoms with E-state index >= 15 is 0 Å². The zero-order valence-corrected chi connectivity index (χ0v) is 9.58. The van der Waals surface area contributed by atoms with Crippen LogP contribution in [0.5, 0.6) is 0 Å². The van der Waals surface area contributed by atoms with E-state index in [2.05, 4.69) is 5.32 Å². The molecule has 0 radical (unpaired) electrons. The number of benzene rings is 1. The fourth-order valence-corrected chi connectivity index (χ4v) is 1.31. The number of carbonyl (C=O) groups is 1. The molecule has 1 amide bonds. The Hall–Kier alpha value is -1.28. The third-order valence-electron chi connectivity index (χ3n) is 1.71. The Labute approximate surface area is 94.9 Å². The molecule has 1 aromatic carbocycles. The first kappa shape index (κ1) is 11.8. The fourth-order valence-electron chi connectivity index (χ4n) is 1.11. The molecule has 0 spiro atoms. The number of halogens is 1. The number of nitrogens with one attached hydrogen (secondary N) is 1. The molecule has 2 nitrogen and oxygen atoms in total. The molecule has 3 heteroatoms. The van der Waals surface area contributed by atoms with E-state index in [0.29, 0.717) is 5.02 Å². The molecule has 0 aliphatic carbocycles. The van der Waals surface area contributed by atoms with Crippen LogP contribution in [0.15, 0.2) is 30.3 Å². The van der Waals surface area contributed by atoms with Crippen LogP contribution in [-0.2, 0) is 4.79 Å². The highest BCUT2D eigenvalue weighted by atomic mass is 35.5. The van der Waals surface area contributed by atoms with Crippen LogP contribution in [0.4, 0.5) is 0 Å². The topological polar surface area (TPSA) is 29.1 Å². The average Bonchev–Trinajstić information content (AvgIpc) is 2.14. The minimum Gasteiger partial charge on any atom is -0.350 e. The van der Waals surface area contributed by atoms with Gasteiger partial charge in [0.1, 0.15) is 0 Å². The lowest BCUT2D eigenvalue weighted by molar-refractivity contribution is -0.116. The number of hydrogen-bond acceptors (Lipinski definition) is 1. The second-order valence-corrected chi connectivity index (χ2v) is 3.99. The Balaban J connectivity index is 2.61. The van der Waals surface area contributed by atoms with E-state index in [1.165, 1.54) is 6.08 Å². The average molecular weight is 224 g/mol. The van der Waals surface area contributed by atoms with Crippen molar-refractivity contribution in [2.24, 2.45) is 0 Å². The van der Waals surface area contributed by atoms with E-state index in [0.717, 1.165) is 5.56 Å². The fraction of sp³-hybridized carbons (Fsp3) is 0.250. The van der Waals surface area contributed by atoms with E-state index in [9.17, 15) is 4.79 Å². The van der Waals surface area contributed by atoms with Gasteiger partial charge in [0.2, 0.25) is 5.91 Å². The highest BCUT2D eigenvalue weighted by Gasteiger charge is 1.97. The van der Waals surface area contributed by atoms with Crippen molar-refractivity contribution in [3.8, 4) is 0 Å². The predicted octanol–water partition coefficient (Wildman–Crippen LogP) is 2.88. The predicted molar refractivity (Wildman–Crippen MR) is 63.8 cm³/mol. The molecule has 80 valence electrons. The molecule has 0 saturated heterocycles. The van der Waals surface area contributed by atoms with Gasteiger partial charge in [0.05, 0.1) is 0 Å². The Morgan fingerprint density at radius 2 is 2.20 bits per heavy atom. The monoisotopic (exact) mass is 223 g/mol. The minimum atomic E-state index is -0.0926. The molecule has 1 N–H and O–H groups in total. The van der Waals surface area contributed by atoms with Crippen molar-refractivity contribution in [3.05, 3.63) is 40.9 Å². The second-order valence-electron chi connectivity index (χ2n) is 3.55. The van der Waals surface area contributed by atoms with Crippen LogP contribution in [0.25, 0.3) is 6.08 Å². The van der Waals surface area contributed by atoms with E-state index in [-0.39, 0.29) is 11.9 Å². The Kier molecular flexibility index (Phi) is 4.37. The zero-order valence-electron chi connectivity index (χ0n) is 8.83. The Morgan fingerprint density at radius 3 is 2.80 bits per heavy atom. The summed E-state index contributed by atoms with van der Waals surface area (Å²) in [5.74, 6) is -0.0926. The van der Waals surface area contributed by atoms with E-state index in [4.69, 9.17) is 11.6 Å². The minimum absolute atomic E-state index is 0.0926. The molecule has 0 aliphatic rings.